The predicted octanol–water partition coefficient (Wildman–Crippen LogP) is 4.34. The minimum atomic E-state index is -0.585. The Morgan fingerprint density at radius 2 is 2.03 bits per heavy atom. The third kappa shape index (κ3) is 4.24. The molecule has 3 aromatic rings. The summed E-state index contributed by atoms with van der Waals surface area (Å²) in [7, 11) is 1.80. The highest BCUT2D eigenvalue weighted by molar-refractivity contribution is 5.77. The summed E-state index contributed by atoms with van der Waals surface area (Å²) in [5.74, 6) is 1.33. The maximum Gasteiger partial charge on any atom is 0.139 e. The van der Waals surface area contributed by atoms with Crippen LogP contribution in [0, 0.1) is 24.2 Å². The molecule has 1 unspecified atom stereocenters. The molecule has 6 heteroatoms. The number of nitrogens with zero attached hydrogens (tertiary/aromatic N) is 4. The van der Waals surface area contributed by atoms with Gasteiger partial charge in [0.25, 0.3) is 0 Å². The molecule has 2 aliphatic rings. The zero-order chi connectivity index (χ0) is 23.8. The third-order valence-electron chi connectivity index (χ3n) is 7.67. The quantitative estimate of drug-likeness (QED) is 0.595. The van der Waals surface area contributed by atoms with Gasteiger partial charge >= 0.3 is 0 Å². The molecule has 1 fully saturated rings. The van der Waals surface area contributed by atoms with Crippen molar-refractivity contribution in [1.29, 1.82) is 5.26 Å². The number of likely N-dealkylation sites (tertiary alicyclic amines) is 1. The van der Waals surface area contributed by atoms with Crippen LogP contribution in [-0.2, 0) is 17.6 Å². The number of imidazole rings is 1. The van der Waals surface area contributed by atoms with E-state index in [4.69, 9.17) is 9.72 Å². The smallest absolute Gasteiger partial charge is 0.139 e. The van der Waals surface area contributed by atoms with Crippen molar-refractivity contribution in [2.75, 3.05) is 26.7 Å². The number of fused-ring (bicyclic) bond motifs is 2. The van der Waals surface area contributed by atoms with E-state index >= 15 is 0 Å². The van der Waals surface area contributed by atoms with Crippen LogP contribution in [0.15, 0.2) is 36.4 Å². The highest BCUT2D eigenvalue weighted by atomic mass is 16.5. The summed E-state index contributed by atoms with van der Waals surface area (Å²) in [4.78, 5) is 7.38. The standard InChI is InChI=1S/C28H34N4O2/c1-4-26(33)28-30-23-11-18(2)5-8-24(23)32(28)25-9-10-31(17-27(25)34-3)16-20-13-21-7-6-19(15-29)12-22(21)14-20/h5-8,11-12,20,25-27,33H,4,9-10,13-14,16-17H2,1-3H3/t20-,25+,26?,27+/m0/s1. The van der Waals surface area contributed by atoms with E-state index in [-0.39, 0.29) is 12.1 Å². The Kier molecular flexibility index (Phi) is 6.44. The second kappa shape index (κ2) is 9.50. The first-order valence-corrected chi connectivity index (χ1v) is 12.4. The van der Waals surface area contributed by atoms with E-state index in [0.717, 1.165) is 61.3 Å². The van der Waals surface area contributed by atoms with E-state index in [1.54, 1.807) is 7.11 Å². The molecular formula is C28H34N4O2. The van der Waals surface area contributed by atoms with Crippen LogP contribution < -0.4 is 0 Å². The number of aliphatic hydroxyl groups excluding tert-OH is 1. The first kappa shape index (κ1) is 23.0. The second-order valence-electron chi connectivity index (χ2n) is 10.0. The predicted molar refractivity (Wildman–Crippen MR) is 133 cm³/mol. The summed E-state index contributed by atoms with van der Waals surface area (Å²) in [6.07, 6.45) is 3.16. The zero-order valence-electron chi connectivity index (χ0n) is 20.4. The summed E-state index contributed by atoms with van der Waals surface area (Å²) >= 11 is 0. The van der Waals surface area contributed by atoms with Crippen molar-refractivity contribution < 1.29 is 9.84 Å². The molecule has 2 aromatic carbocycles. The van der Waals surface area contributed by atoms with Gasteiger partial charge < -0.3 is 19.3 Å². The van der Waals surface area contributed by atoms with E-state index in [1.807, 2.05) is 13.0 Å². The number of methoxy groups -OCH3 is 1. The Morgan fingerprint density at radius 3 is 2.79 bits per heavy atom. The molecule has 4 atom stereocenters. The van der Waals surface area contributed by atoms with Crippen molar-refractivity contribution in [3.63, 3.8) is 0 Å². The van der Waals surface area contributed by atoms with Crippen LogP contribution in [0.5, 0.6) is 0 Å². The van der Waals surface area contributed by atoms with Crippen LogP contribution in [0.2, 0.25) is 0 Å². The Morgan fingerprint density at radius 1 is 1.21 bits per heavy atom. The monoisotopic (exact) mass is 458 g/mol. The average molecular weight is 459 g/mol. The number of aryl methyl sites for hydroxylation is 1. The molecule has 2 heterocycles. The SMILES string of the molecule is CCC(O)c1nc2cc(C)ccc2n1[C@@H]1CCN(C[C@H]2Cc3ccc(C#N)cc3C2)C[C@H]1OC. The Bertz CT molecular complexity index is 1230. The Hall–Kier alpha value is -2.72. The minimum absolute atomic E-state index is 0.0317. The fourth-order valence-corrected chi connectivity index (χ4v) is 5.93. The van der Waals surface area contributed by atoms with Gasteiger partial charge in [-0.1, -0.05) is 19.1 Å². The molecule has 178 valence electrons. The van der Waals surface area contributed by atoms with E-state index < -0.39 is 6.10 Å². The van der Waals surface area contributed by atoms with Gasteiger partial charge in [0.2, 0.25) is 0 Å². The first-order valence-electron chi connectivity index (χ1n) is 12.4. The summed E-state index contributed by atoms with van der Waals surface area (Å²) in [5.41, 5.74) is 6.68. The van der Waals surface area contributed by atoms with Gasteiger partial charge in [-0.05, 0) is 79.5 Å². The molecule has 0 saturated carbocycles. The molecule has 0 spiro atoms. The van der Waals surface area contributed by atoms with Crippen molar-refractivity contribution in [3.05, 3.63) is 64.5 Å². The van der Waals surface area contributed by atoms with Crippen molar-refractivity contribution in [1.82, 2.24) is 14.5 Å². The van der Waals surface area contributed by atoms with E-state index in [2.05, 4.69) is 52.8 Å². The molecule has 1 aromatic heterocycles. The van der Waals surface area contributed by atoms with Gasteiger partial charge in [0.05, 0.1) is 34.8 Å². The van der Waals surface area contributed by atoms with Crippen LogP contribution in [0.25, 0.3) is 11.0 Å². The zero-order valence-corrected chi connectivity index (χ0v) is 20.4. The average Bonchev–Trinajstić information content (AvgIpc) is 3.43. The number of nitriles is 1. The second-order valence-corrected chi connectivity index (χ2v) is 10.0. The lowest BCUT2D eigenvalue weighted by molar-refractivity contribution is -0.0115. The van der Waals surface area contributed by atoms with Crippen molar-refractivity contribution in [2.45, 2.75) is 57.8 Å². The number of hydrogen-bond donors (Lipinski definition) is 1. The molecule has 0 amide bonds. The number of benzene rings is 2. The number of ether oxygens (including phenoxy) is 1. The number of piperidine rings is 1. The van der Waals surface area contributed by atoms with Gasteiger partial charge in [-0.2, -0.15) is 5.26 Å². The van der Waals surface area contributed by atoms with Crippen LogP contribution in [-0.4, -0.2) is 52.4 Å². The molecule has 1 aliphatic heterocycles. The molecule has 1 N–H and O–H groups in total. The van der Waals surface area contributed by atoms with Gasteiger partial charge in [0, 0.05) is 26.7 Å². The molecule has 1 saturated heterocycles. The van der Waals surface area contributed by atoms with Gasteiger partial charge in [-0.3, -0.25) is 0 Å². The summed E-state index contributed by atoms with van der Waals surface area (Å²) < 4.78 is 8.30. The lowest BCUT2D eigenvalue weighted by Gasteiger charge is -2.40. The molecule has 1 aliphatic carbocycles. The number of aliphatic hydroxyl groups is 1. The Balaban J connectivity index is 1.34. The normalized spacial score (nSPS) is 23.7. The number of rotatable bonds is 6. The van der Waals surface area contributed by atoms with E-state index in [0.29, 0.717) is 12.3 Å². The Labute approximate surface area is 201 Å². The highest BCUT2D eigenvalue weighted by Crippen LogP contribution is 2.35. The van der Waals surface area contributed by atoms with Crippen molar-refractivity contribution in [3.8, 4) is 6.07 Å². The largest absolute Gasteiger partial charge is 0.385 e. The molecule has 5 rings (SSSR count). The maximum absolute atomic E-state index is 10.8. The number of hydrogen-bond acceptors (Lipinski definition) is 5. The van der Waals surface area contributed by atoms with Gasteiger partial charge in [-0.25, -0.2) is 4.98 Å². The fourth-order valence-electron chi connectivity index (χ4n) is 5.93. The van der Waals surface area contributed by atoms with Gasteiger partial charge in [0.1, 0.15) is 11.9 Å². The molecule has 0 bridgehead atoms. The van der Waals surface area contributed by atoms with Crippen LogP contribution in [0.1, 0.15) is 60.0 Å². The highest BCUT2D eigenvalue weighted by Gasteiger charge is 2.35. The van der Waals surface area contributed by atoms with Gasteiger partial charge in [-0.15, -0.1) is 0 Å². The lowest BCUT2D eigenvalue weighted by Crippen LogP contribution is -2.47. The maximum atomic E-state index is 10.8. The molecular weight excluding hydrogens is 424 g/mol. The number of aromatic nitrogens is 2. The third-order valence-corrected chi connectivity index (χ3v) is 7.67. The molecule has 34 heavy (non-hydrogen) atoms. The van der Waals surface area contributed by atoms with Gasteiger partial charge in [0.15, 0.2) is 0 Å². The van der Waals surface area contributed by atoms with E-state index in [1.165, 1.54) is 16.7 Å². The summed E-state index contributed by atoms with van der Waals surface area (Å²) in [6, 6.07) is 14.9. The topological polar surface area (TPSA) is 74.3 Å². The van der Waals surface area contributed by atoms with Crippen LogP contribution in [0.4, 0.5) is 0 Å². The summed E-state index contributed by atoms with van der Waals surface area (Å²) in [6.45, 7) is 6.97. The minimum Gasteiger partial charge on any atom is -0.385 e. The van der Waals surface area contributed by atoms with Crippen molar-refractivity contribution in [2.24, 2.45) is 5.92 Å². The summed E-state index contributed by atoms with van der Waals surface area (Å²) in [5, 5.41) is 20.0. The lowest BCUT2D eigenvalue weighted by atomic mass is 9.98. The van der Waals surface area contributed by atoms with Crippen LogP contribution >= 0.6 is 0 Å². The van der Waals surface area contributed by atoms with E-state index in [9.17, 15) is 10.4 Å². The molecule has 0 radical (unpaired) electrons. The fraction of sp³-hybridized carbons (Fsp3) is 0.500. The molecule has 6 nitrogen and oxygen atoms in total. The van der Waals surface area contributed by atoms with Crippen molar-refractivity contribution >= 4 is 11.0 Å². The van der Waals surface area contributed by atoms with Crippen LogP contribution in [0.3, 0.4) is 0 Å². The first-order chi connectivity index (χ1) is 16.5.